The molecule has 0 amide bonds. The van der Waals surface area contributed by atoms with Crippen LogP contribution >= 0.6 is 0 Å². The number of hydrazine groups is 1. The predicted molar refractivity (Wildman–Crippen MR) is 62.8 cm³/mol. The highest BCUT2D eigenvalue weighted by atomic mass is 16.5. The molecule has 0 aliphatic carbocycles. The number of rotatable bonds is 6. The van der Waals surface area contributed by atoms with E-state index in [0.717, 1.165) is 39.2 Å². The van der Waals surface area contributed by atoms with Gasteiger partial charge in [0, 0.05) is 19.6 Å². The van der Waals surface area contributed by atoms with Crippen LogP contribution in [0.3, 0.4) is 0 Å². The Morgan fingerprint density at radius 1 is 1.47 bits per heavy atom. The zero-order chi connectivity index (χ0) is 11.1. The average molecular weight is 215 g/mol. The molecule has 1 atom stereocenters. The van der Waals surface area contributed by atoms with E-state index in [-0.39, 0.29) is 0 Å². The smallest absolute Gasteiger partial charge is 0.0714 e. The van der Waals surface area contributed by atoms with E-state index >= 15 is 0 Å². The molecule has 1 aliphatic heterocycles. The first-order valence-corrected chi connectivity index (χ1v) is 5.97. The molecule has 90 valence electrons. The molecule has 1 heterocycles. The van der Waals surface area contributed by atoms with E-state index in [4.69, 9.17) is 4.74 Å². The highest BCUT2D eigenvalue weighted by molar-refractivity contribution is 4.67. The van der Waals surface area contributed by atoms with Crippen molar-refractivity contribution < 1.29 is 4.74 Å². The monoisotopic (exact) mass is 215 g/mol. The number of morpholine rings is 1. The maximum atomic E-state index is 5.61. The van der Waals surface area contributed by atoms with Gasteiger partial charge in [-0.25, -0.2) is 5.01 Å². The Morgan fingerprint density at radius 3 is 2.93 bits per heavy atom. The summed E-state index contributed by atoms with van der Waals surface area (Å²) in [5.74, 6) is 0. The molecule has 1 unspecified atom stereocenters. The standard InChI is InChI=1S/C11H25N3O/c1-4-11-10-14(8-9-15-11)12-6-5-7-13(2)3/h11-12H,4-10H2,1-3H3. The first-order chi connectivity index (χ1) is 7.22. The number of ether oxygens (including phenoxy) is 1. The summed E-state index contributed by atoms with van der Waals surface area (Å²) in [7, 11) is 4.23. The highest BCUT2D eigenvalue weighted by Gasteiger charge is 2.17. The van der Waals surface area contributed by atoms with E-state index in [0.29, 0.717) is 6.10 Å². The van der Waals surface area contributed by atoms with Gasteiger partial charge in [-0.2, -0.15) is 0 Å². The Bertz CT molecular complexity index is 164. The van der Waals surface area contributed by atoms with Crippen LogP contribution in [-0.2, 0) is 4.74 Å². The van der Waals surface area contributed by atoms with Crippen molar-refractivity contribution in [1.82, 2.24) is 15.3 Å². The molecule has 1 fully saturated rings. The zero-order valence-electron chi connectivity index (χ0n) is 10.3. The summed E-state index contributed by atoms with van der Waals surface area (Å²) >= 11 is 0. The van der Waals surface area contributed by atoms with E-state index in [2.05, 4.69) is 36.4 Å². The molecule has 0 aromatic heterocycles. The summed E-state index contributed by atoms with van der Waals surface area (Å²) in [5.41, 5.74) is 3.47. The van der Waals surface area contributed by atoms with Crippen molar-refractivity contribution in [1.29, 1.82) is 0 Å². The second-order valence-electron chi connectivity index (χ2n) is 4.41. The van der Waals surface area contributed by atoms with Gasteiger partial charge in [-0.1, -0.05) is 6.92 Å². The summed E-state index contributed by atoms with van der Waals surface area (Å²) in [6, 6.07) is 0. The number of hydrogen-bond donors (Lipinski definition) is 1. The van der Waals surface area contributed by atoms with E-state index in [1.54, 1.807) is 0 Å². The van der Waals surface area contributed by atoms with Gasteiger partial charge >= 0.3 is 0 Å². The summed E-state index contributed by atoms with van der Waals surface area (Å²) in [6.07, 6.45) is 2.72. The summed E-state index contributed by atoms with van der Waals surface area (Å²) in [6.45, 7) is 7.29. The molecule has 0 saturated carbocycles. The summed E-state index contributed by atoms with van der Waals surface area (Å²) < 4.78 is 5.61. The van der Waals surface area contributed by atoms with Crippen molar-refractivity contribution in [3.8, 4) is 0 Å². The Morgan fingerprint density at radius 2 is 2.27 bits per heavy atom. The van der Waals surface area contributed by atoms with Crippen molar-refractivity contribution in [2.24, 2.45) is 0 Å². The van der Waals surface area contributed by atoms with E-state index in [9.17, 15) is 0 Å². The number of nitrogens with zero attached hydrogens (tertiary/aromatic N) is 2. The number of hydrogen-bond acceptors (Lipinski definition) is 4. The van der Waals surface area contributed by atoms with Crippen LogP contribution in [0.4, 0.5) is 0 Å². The van der Waals surface area contributed by atoms with Gasteiger partial charge in [-0.3, -0.25) is 5.43 Å². The van der Waals surface area contributed by atoms with E-state index in [1.165, 1.54) is 6.42 Å². The second kappa shape index (κ2) is 7.17. The molecule has 1 saturated heterocycles. The maximum absolute atomic E-state index is 5.61. The van der Waals surface area contributed by atoms with Gasteiger partial charge in [-0.05, 0) is 33.5 Å². The van der Waals surface area contributed by atoms with Crippen LogP contribution in [0.5, 0.6) is 0 Å². The minimum Gasteiger partial charge on any atom is -0.375 e. The SMILES string of the molecule is CCC1CN(NCCCN(C)C)CCO1. The Kier molecular flexibility index (Phi) is 6.17. The summed E-state index contributed by atoms with van der Waals surface area (Å²) in [4.78, 5) is 2.22. The highest BCUT2D eigenvalue weighted by Crippen LogP contribution is 2.05. The fourth-order valence-electron chi connectivity index (χ4n) is 1.74. The van der Waals surface area contributed by atoms with Gasteiger partial charge in [0.1, 0.15) is 0 Å². The summed E-state index contributed by atoms with van der Waals surface area (Å²) in [5, 5.41) is 2.30. The molecule has 0 aromatic rings. The third-order valence-electron chi connectivity index (χ3n) is 2.71. The van der Waals surface area contributed by atoms with E-state index in [1.807, 2.05) is 0 Å². The first kappa shape index (κ1) is 12.9. The van der Waals surface area contributed by atoms with Crippen molar-refractivity contribution in [3.63, 3.8) is 0 Å². The topological polar surface area (TPSA) is 27.7 Å². The normalized spacial score (nSPS) is 23.6. The van der Waals surface area contributed by atoms with Gasteiger partial charge in [0.15, 0.2) is 0 Å². The fraction of sp³-hybridized carbons (Fsp3) is 1.00. The Balaban J connectivity index is 2.05. The quantitative estimate of drug-likeness (QED) is 0.655. The van der Waals surface area contributed by atoms with Gasteiger partial charge in [0.25, 0.3) is 0 Å². The van der Waals surface area contributed by atoms with Crippen LogP contribution in [0, 0.1) is 0 Å². The van der Waals surface area contributed by atoms with Gasteiger partial charge < -0.3 is 9.64 Å². The van der Waals surface area contributed by atoms with Crippen LogP contribution in [0.2, 0.25) is 0 Å². The second-order valence-corrected chi connectivity index (χ2v) is 4.41. The Hall–Kier alpha value is -0.160. The molecule has 0 radical (unpaired) electrons. The Labute approximate surface area is 93.5 Å². The molecule has 0 bridgehead atoms. The van der Waals surface area contributed by atoms with Crippen LogP contribution in [0.15, 0.2) is 0 Å². The zero-order valence-corrected chi connectivity index (χ0v) is 10.3. The molecule has 0 spiro atoms. The van der Waals surface area contributed by atoms with Crippen LogP contribution in [0.25, 0.3) is 0 Å². The molecule has 0 aromatic carbocycles. The van der Waals surface area contributed by atoms with Crippen LogP contribution in [0.1, 0.15) is 19.8 Å². The molecule has 1 aliphatic rings. The van der Waals surface area contributed by atoms with Gasteiger partial charge in [-0.15, -0.1) is 0 Å². The largest absolute Gasteiger partial charge is 0.375 e. The van der Waals surface area contributed by atoms with Crippen molar-refractivity contribution in [2.75, 3.05) is 46.9 Å². The lowest BCUT2D eigenvalue weighted by atomic mass is 10.2. The molecular weight excluding hydrogens is 190 g/mol. The van der Waals surface area contributed by atoms with Crippen molar-refractivity contribution >= 4 is 0 Å². The first-order valence-electron chi connectivity index (χ1n) is 5.97. The number of nitrogens with one attached hydrogen (secondary N) is 1. The van der Waals surface area contributed by atoms with Crippen molar-refractivity contribution in [2.45, 2.75) is 25.9 Å². The van der Waals surface area contributed by atoms with Crippen LogP contribution < -0.4 is 5.43 Å². The van der Waals surface area contributed by atoms with Gasteiger partial charge in [0.05, 0.1) is 12.7 Å². The minimum absolute atomic E-state index is 0.417. The molecule has 15 heavy (non-hydrogen) atoms. The van der Waals surface area contributed by atoms with E-state index < -0.39 is 0 Å². The third kappa shape index (κ3) is 5.47. The fourth-order valence-corrected chi connectivity index (χ4v) is 1.74. The minimum atomic E-state index is 0.417. The molecule has 4 nitrogen and oxygen atoms in total. The molecule has 1 rings (SSSR count). The van der Waals surface area contributed by atoms with Gasteiger partial charge in [0.2, 0.25) is 0 Å². The lowest BCUT2D eigenvalue weighted by molar-refractivity contribution is -0.0483. The molecule has 4 heteroatoms. The third-order valence-corrected chi connectivity index (χ3v) is 2.71. The predicted octanol–water partition coefficient (Wildman–Crippen LogP) is 0.554. The average Bonchev–Trinajstić information content (AvgIpc) is 2.24. The molecule has 1 N–H and O–H groups in total. The lowest BCUT2D eigenvalue weighted by Gasteiger charge is -2.32. The van der Waals surface area contributed by atoms with Crippen LogP contribution in [-0.4, -0.2) is 62.9 Å². The molecular formula is C11H25N3O. The van der Waals surface area contributed by atoms with Crippen molar-refractivity contribution in [3.05, 3.63) is 0 Å². The lowest BCUT2D eigenvalue weighted by Crippen LogP contribution is -2.49. The maximum Gasteiger partial charge on any atom is 0.0714 e.